The van der Waals surface area contributed by atoms with E-state index in [2.05, 4.69) is 5.32 Å². The van der Waals surface area contributed by atoms with Crippen LogP contribution in [0.2, 0.25) is 0 Å². The van der Waals surface area contributed by atoms with Crippen molar-refractivity contribution in [1.82, 2.24) is 5.32 Å². The number of nitrogens with one attached hydrogen (secondary N) is 1. The molecule has 100 valence electrons. The number of ether oxygens (including phenoxy) is 1. The topological polar surface area (TPSA) is 41.5 Å². The summed E-state index contributed by atoms with van der Waals surface area (Å²) in [6.45, 7) is 3.55. The van der Waals surface area contributed by atoms with E-state index in [0.29, 0.717) is 24.5 Å². The molecule has 3 heteroatoms. The van der Waals surface area contributed by atoms with Crippen molar-refractivity contribution >= 4 is 0 Å². The van der Waals surface area contributed by atoms with Crippen LogP contribution >= 0.6 is 0 Å². The molecule has 1 saturated heterocycles. The predicted molar refractivity (Wildman–Crippen MR) is 69.0 cm³/mol. The summed E-state index contributed by atoms with van der Waals surface area (Å²) in [4.78, 5) is 0. The average Bonchev–Trinajstić information content (AvgIpc) is 2.98. The van der Waals surface area contributed by atoms with Gasteiger partial charge in [0.15, 0.2) is 0 Å². The lowest BCUT2D eigenvalue weighted by molar-refractivity contribution is 0.102. The Labute approximate surface area is 105 Å². The van der Waals surface area contributed by atoms with E-state index >= 15 is 0 Å². The third kappa shape index (κ3) is 4.23. The van der Waals surface area contributed by atoms with Gasteiger partial charge < -0.3 is 15.2 Å². The van der Waals surface area contributed by atoms with Crippen LogP contribution in [0.4, 0.5) is 0 Å². The van der Waals surface area contributed by atoms with Gasteiger partial charge in [-0.2, -0.15) is 0 Å². The molecular weight excluding hydrogens is 214 g/mol. The van der Waals surface area contributed by atoms with Crippen molar-refractivity contribution in [2.45, 2.75) is 51.0 Å². The Morgan fingerprint density at radius 2 is 2.00 bits per heavy atom. The lowest BCUT2D eigenvalue weighted by atomic mass is 9.97. The third-order valence-corrected chi connectivity index (χ3v) is 4.36. The van der Waals surface area contributed by atoms with E-state index in [9.17, 15) is 5.11 Å². The Hall–Kier alpha value is -0.120. The van der Waals surface area contributed by atoms with E-state index in [1.807, 2.05) is 0 Å². The van der Waals surface area contributed by atoms with Gasteiger partial charge in [0.1, 0.15) is 0 Å². The number of hydrogen-bond donors (Lipinski definition) is 2. The predicted octanol–water partition coefficient (Wildman–Crippen LogP) is 1.94. The highest BCUT2D eigenvalue weighted by molar-refractivity contribution is 4.78. The molecule has 2 fully saturated rings. The molecule has 1 heterocycles. The van der Waals surface area contributed by atoms with Crippen molar-refractivity contribution in [3.63, 3.8) is 0 Å². The lowest BCUT2D eigenvalue weighted by Crippen LogP contribution is -2.27. The Morgan fingerprint density at radius 3 is 2.76 bits per heavy atom. The molecule has 0 amide bonds. The third-order valence-electron chi connectivity index (χ3n) is 4.36. The second-order valence-electron chi connectivity index (χ2n) is 5.62. The van der Waals surface area contributed by atoms with Crippen LogP contribution in [0.15, 0.2) is 0 Å². The summed E-state index contributed by atoms with van der Waals surface area (Å²) in [5.74, 6) is 1.27. The molecular formula is C14H27NO2. The maximum atomic E-state index is 9.24. The first-order chi connectivity index (χ1) is 8.40. The Morgan fingerprint density at radius 1 is 1.12 bits per heavy atom. The van der Waals surface area contributed by atoms with Crippen molar-refractivity contribution in [1.29, 1.82) is 0 Å². The summed E-state index contributed by atoms with van der Waals surface area (Å²) in [6, 6.07) is 0. The second kappa shape index (κ2) is 7.34. The Balaban J connectivity index is 1.48. The van der Waals surface area contributed by atoms with E-state index in [0.717, 1.165) is 19.7 Å². The minimum absolute atomic E-state index is 0.377. The summed E-state index contributed by atoms with van der Waals surface area (Å²) < 4.78 is 5.61. The zero-order chi connectivity index (χ0) is 11.9. The van der Waals surface area contributed by atoms with Gasteiger partial charge in [-0.1, -0.05) is 6.42 Å². The molecule has 2 aliphatic rings. The maximum Gasteiger partial charge on any atom is 0.0576 e. The molecule has 17 heavy (non-hydrogen) atoms. The largest absolute Gasteiger partial charge is 0.396 e. The average molecular weight is 241 g/mol. The minimum Gasteiger partial charge on any atom is -0.396 e. The molecule has 2 N–H and O–H groups in total. The monoisotopic (exact) mass is 241 g/mol. The van der Waals surface area contributed by atoms with E-state index < -0.39 is 0 Å². The van der Waals surface area contributed by atoms with Crippen LogP contribution in [0, 0.1) is 11.8 Å². The Bertz CT molecular complexity index is 204. The molecule has 0 aromatic rings. The molecule has 1 aliphatic heterocycles. The first kappa shape index (κ1) is 13.3. The van der Waals surface area contributed by atoms with Gasteiger partial charge in [0.2, 0.25) is 0 Å². The molecule has 0 spiro atoms. The van der Waals surface area contributed by atoms with Gasteiger partial charge >= 0.3 is 0 Å². The summed E-state index contributed by atoms with van der Waals surface area (Å²) >= 11 is 0. The van der Waals surface area contributed by atoms with E-state index in [4.69, 9.17) is 4.74 Å². The molecule has 3 unspecified atom stereocenters. The quantitative estimate of drug-likeness (QED) is 0.669. The first-order valence-electron chi connectivity index (χ1n) is 7.33. The van der Waals surface area contributed by atoms with Crippen molar-refractivity contribution in [3.8, 4) is 0 Å². The number of aliphatic hydroxyl groups is 1. The summed E-state index contributed by atoms with van der Waals surface area (Å²) in [6.07, 6.45) is 9.29. The molecule has 2 rings (SSSR count). The SMILES string of the molecule is OCC1CCCC1CNCCCC1CCCO1. The fourth-order valence-corrected chi connectivity index (χ4v) is 3.24. The van der Waals surface area contributed by atoms with Crippen LogP contribution in [0.3, 0.4) is 0 Å². The van der Waals surface area contributed by atoms with Crippen LogP contribution in [0.1, 0.15) is 44.9 Å². The van der Waals surface area contributed by atoms with E-state index in [-0.39, 0.29) is 0 Å². The molecule has 1 saturated carbocycles. The van der Waals surface area contributed by atoms with Gasteiger partial charge in [0.25, 0.3) is 0 Å². The van der Waals surface area contributed by atoms with Crippen LogP contribution in [-0.2, 0) is 4.74 Å². The van der Waals surface area contributed by atoms with Gasteiger partial charge in [0, 0.05) is 13.2 Å². The zero-order valence-corrected chi connectivity index (χ0v) is 10.9. The maximum absolute atomic E-state index is 9.24. The van der Waals surface area contributed by atoms with Gasteiger partial charge in [-0.3, -0.25) is 0 Å². The smallest absolute Gasteiger partial charge is 0.0576 e. The Kier molecular flexibility index (Phi) is 5.75. The van der Waals surface area contributed by atoms with Crippen molar-refractivity contribution in [2.75, 3.05) is 26.3 Å². The molecule has 3 atom stereocenters. The molecule has 0 aromatic heterocycles. The van der Waals surface area contributed by atoms with Gasteiger partial charge in [0.05, 0.1) is 6.10 Å². The summed E-state index contributed by atoms with van der Waals surface area (Å²) in [5, 5.41) is 12.8. The highest BCUT2D eigenvalue weighted by atomic mass is 16.5. The minimum atomic E-state index is 0.377. The van der Waals surface area contributed by atoms with Crippen LogP contribution in [0.25, 0.3) is 0 Å². The number of hydrogen-bond acceptors (Lipinski definition) is 3. The fraction of sp³-hybridized carbons (Fsp3) is 1.00. The van der Waals surface area contributed by atoms with Gasteiger partial charge in [-0.05, 0) is 63.5 Å². The molecule has 3 nitrogen and oxygen atoms in total. The standard InChI is InChI=1S/C14H27NO2/c16-11-13-5-1-4-12(13)10-15-8-2-6-14-7-3-9-17-14/h12-16H,1-11H2. The summed E-state index contributed by atoms with van der Waals surface area (Å²) in [5.41, 5.74) is 0. The van der Waals surface area contributed by atoms with Crippen LogP contribution in [0.5, 0.6) is 0 Å². The number of rotatable bonds is 7. The lowest BCUT2D eigenvalue weighted by Gasteiger charge is -2.18. The highest BCUT2D eigenvalue weighted by Crippen LogP contribution is 2.30. The van der Waals surface area contributed by atoms with Gasteiger partial charge in [-0.25, -0.2) is 0 Å². The van der Waals surface area contributed by atoms with Gasteiger partial charge in [-0.15, -0.1) is 0 Å². The second-order valence-corrected chi connectivity index (χ2v) is 5.62. The molecule has 1 aliphatic carbocycles. The van der Waals surface area contributed by atoms with Crippen molar-refractivity contribution < 1.29 is 9.84 Å². The fourth-order valence-electron chi connectivity index (χ4n) is 3.24. The zero-order valence-electron chi connectivity index (χ0n) is 10.9. The molecule has 0 bridgehead atoms. The molecule has 0 radical (unpaired) electrons. The van der Waals surface area contributed by atoms with Crippen LogP contribution < -0.4 is 5.32 Å². The number of aliphatic hydroxyl groups excluding tert-OH is 1. The van der Waals surface area contributed by atoms with E-state index in [1.165, 1.54) is 44.9 Å². The summed E-state index contributed by atoms with van der Waals surface area (Å²) in [7, 11) is 0. The van der Waals surface area contributed by atoms with Crippen molar-refractivity contribution in [3.05, 3.63) is 0 Å². The van der Waals surface area contributed by atoms with Crippen molar-refractivity contribution in [2.24, 2.45) is 11.8 Å². The van der Waals surface area contributed by atoms with E-state index in [1.54, 1.807) is 0 Å². The molecule has 0 aromatic carbocycles. The van der Waals surface area contributed by atoms with Crippen LogP contribution in [-0.4, -0.2) is 37.5 Å². The first-order valence-corrected chi connectivity index (χ1v) is 7.33. The normalized spacial score (nSPS) is 33.4. The highest BCUT2D eigenvalue weighted by Gasteiger charge is 2.25.